The van der Waals surface area contributed by atoms with Gasteiger partial charge in [-0.1, -0.05) is 36.4 Å². The highest BCUT2D eigenvalue weighted by Crippen LogP contribution is 2.31. The zero-order valence-electron chi connectivity index (χ0n) is 14.3. The molecule has 3 aromatic carbocycles. The second-order valence-corrected chi connectivity index (χ2v) is 6.32. The molecule has 5 rings (SSSR count). The van der Waals surface area contributed by atoms with E-state index in [9.17, 15) is 0 Å². The van der Waals surface area contributed by atoms with Gasteiger partial charge in [-0.25, -0.2) is 4.98 Å². The number of fused-ring (bicyclic) bond motifs is 2. The highest BCUT2D eigenvalue weighted by atomic mass is 15.1. The summed E-state index contributed by atoms with van der Waals surface area (Å²) in [4.78, 5) is 8.10. The fourth-order valence-corrected chi connectivity index (χ4v) is 3.24. The Labute approximate surface area is 155 Å². The number of aromatic nitrogens is 4. The van der Waals surface area contributed by atoms with Crippen LogP contribution in [0.25, 0.3) is 32.9 Å². The van der Waals surface area contributed by atoms with Crippen molar-refractivity contribution in [2.45, 2.75) is 0 Å². The molecule has 0 fully saturated rings. The Hall–Kier alpha value is -3.93. The van der Waals surface area contributed by atoms with Crippen LogP contribution in [0.3, 0.4) is 0 Å². The predicted molar refractivity (Wildman–Crippen MR) is 109 cm³/mol. The lowest BCUT2D eigenvalue weighted by Gasteiger charge is -2.06. The minimum Gasteiger partial charge on any atom is -0.368 e. The zero-order valence-corrected chi connectivity index (χ0v) is 14.3. The molecule has 0 aliphatic carbocycles. The smallest absolute Gasteiger partial charge is 0.221 e. The largest absolute Gasteiger partial charge is 0.368 e. The first-order valence-corrected chi connectivity index (χ1v) is 8.59. The third kappa shape index (κ3) is 2.83. The van der Waals surface area contributed by atoms with E-state index in [1.165, 1.54) is 10.8 Å². The van der Waals surface area contributed by atoms with Crippen molar-refractivity contribution in [3.63, 3.8) is 0 Å². The highest BCUT2D eigenvalue weighted by molar-refractivity contribution is 5.97. The number of rotatable bonds is 3. The molecule has 0 bridgehead atoms. The van der Waals surface area contributed by atoms with E-state index in [1.807, 2.05) is 24.3 Å². The molecule has 0 saturated carbocycles. The summed E-state index contributed by atoms with van der Waals surface area (Å²) in [6, 6.07) is 22.5. The van der Waals surface area contributed by atoms with E-state index in [0.717, 1.165) is 27.8 Å². The molecule has 4 N–H and O–H groups in total. The number of nitrogen functional groups attached to an aromatic ring is 1. The molecule has 0 atom stereocenters. The SMILES string of the molecule is Nc1nccc(Nc2ccc3[nH]nc(-c4ccc5ccccc5c4)c3c2)n1. The van der Waals surface area contributed by atoms with Gasteiger partial charge in [0, 0.05) is 22.8 Å². The van der Waals surface area contributed by atoms with Gasteiger partial charge >= 0.3 is 0 Å². The molecule has 5 aromatic rings. The van der Waals surface area contributed by atoms with Crippen molar-refractivity contribution < 1.29 is 0 Å². The molecule has 0 radical (unpaired) electrons. The number of hydrogen-bond acceptors (Lipinski definition) is 5. The Bertz CT molecular complexity index is 1270. The Morgan fingerprint density at radius 1 is 0.889 bits per heavy atom. The van der Waals surface area contributed by atoms with Crippen LogP contribution in [-0.2, 0) is 0 Å². The molecule has 0 aliphatic rings. The summed E-state index contributed by atoms with van der Waals surface area (Å²) < 4.78 is 0. The minimum atomic E-state index is 0.237. The van der Waals surface area contributed by atoms with Gasteiger partial charge in [0.1, 0.15) is 5.82 Å². The summed E-state index contributed by atoms with van der Waals surface area (Å²) in [5.41, 5.74) is 9.53. The summed E-state index contributed by atoms with van der Waals surface area (Å²) in [5, 5.41) is 14.4. The molecule has 130 valence electrons. The first kappa shape index (κ1) is 15.3. The first-order valence-electron chi connectivity index (χ1n) is 8.59. The van der Waals surface area contributed by atoms with Crippen molar-refractivity contribution in [2.24, 2.45) is 0 Å². The van der Waals surface area contributed by atoms with E-state index in [1.54, 1.807) is 12.3 Å². The molecule has 2 heterocycles. The van der Waals surface area contributed by atoms with Crippen LogP contribution in [0, 0.1) is 0 Å². The van der Waals surface area contributed by atoms with Gasteiger partial charge in [0.2, 0.25) is 5.95 Å². The molecule has 0 spiro atoms. The summed E-state index contributed by atoms with van der Waals surface area (Å²) in [7, 11) is 0. The molecule has 0 saturated heterocycles. The Morgan fingerprint density at radius 2 is 1.78 bits per heavy atom. The van der Waals surface area contributed by atoms with Crippen molar-refractivity contribution >= 4 is 39.1 Å². The number of hydrogen-bond donors (Lipinski definition) is 3. The summed E-state index contributed by atoms with van der Waals surface area (Å²) in [6.45, 7) is 0. The first-order chi connectivity index (χ1) is 13.3. The van der Waals surface area contributed by atoms with Crippen molar-refractivity contribution in [3.05, 3.63) is 72.9 Å². The van der Waals surface area contributed by atoms with Gasteiger partial charge in [-0.05, 0) is 41.1 Å². The zero-order chi connectivity index (χ0) is 18.2. The highest BCUT2D eigenvalue weighted by Gasteiger charge is 2.10. The molecular formula is C21H16N6. The maximum Gasteiger partial charge on any atom is 0.221 e. The fraction of sp³-hybridized carbons (Fsp3) is 0. The van der Waals surface area contributed by atoms with Crippen LogP contribution in [0.2, 0.25) is 0 Å². The average Bonchev–Trinajstić information content (AvgIpc) is 3.11. The van der Waals surface area contributed by atoms with Crippen LogP contribution in [0.1, 0.15) is 0 Å². The van der Waals surface area contributed by atoms with Gasteiger partial charge in [0.15, 0.2) is 0 Å². The second-order valence-electron chi connectivity index (χ2n) is 6.32. The number of anilines is 3. The van der Waals surface area contributed by atoms with Gasteiger partial charge in [-0.15, -0.1) is 0 Å². The number of nitrogens with one attached hydrogen (secondary N) is 2. The minimum absolute atomic E-state index is 0.237. The number of aromatic amines is 1. The molecular weight excluding hydrogens is 336 g/mol. The molecule has 27 heavy (non-hydrogen) atoms. The monoisotopic (exact) mass is 352 g/mol. The lowest BCUT2D eigenvalue weighted by atomic mass is 10.0. The lowest BCUT2D eigenvalue weighted by molar-refractivity contribution is 1.12. The number of nitrogens with zero attached hydrogens (tertiary/aromatic N) is 3. The number of nitrogens with two attached hydrogens (primary N) is 1. The topological polar surface area (TPSA) is 92.5 Å². The van der Waals surface area contributed by atoms with Crippen LogP contribution in [-0.4, -0.2) is 20.2 Å². The van der Waals surface area contributed by atoms with Crippen LogP contribution in [0.5, 0.6) is 0 Å². The molecule has 2 aromatic heterocycles. The van der Waals surface area contributed by atoms with Gasteiger partial charge in [-0.2, -0.15) is 10.1 Å². The number of benzene rings is 3. The van der Waals surface area contributed by atoms with Gasteiger partial charge in [0.05, 0.1) is 11.2 Å². The summed E-state index contributed by atoms with van der Waals surface area (Å²) in [6.07, 6.45) is 1.63. The van der Waals surface area contributed by atoms with E-state index in [4.69, 9.17) is 5.73 Å². The van der Waals surface area contributed by atoms with Gasteiger partial charge in [-0.3, -0.25) is 5.10 Å². The van der Waals surface area contributed by atoms with Gasteiger partial charge < -0.3 is 11.1 Å². The third-order valence-corrected chi connectivity index (χ3v) is 4.53. The molecule has 0 amide bonds. The predicted octanol–water partition coefficient (Wildman–Crippen LogP) is 4.50. The number of H-pyrrole nitrogens is 1. The van der Waals surface area contributed by atoms with Crippen molar-refractivity contribution in [3.8, 4) is 11.3 Å². The van der Waals surface area contributed by atoms with Crippen molar-refractivity contribution in [2.75, 3.05) is 11.1 Å². The second kappa shape index (κ2) is 6.10. The van der Waals surface area contributed by atoms with E-state index >= 15 is 0 Å². The Kier molecular flexibility index (Phi) is 3.47. The van der Waals surface area contributed by atoms with Crippen molar-refractivity contribution in [1.82, 2.24) is 20.2 Å². The third-order valence-electron chi connectivity index (χ3n) is 4.53. The standard InChI is InChI=1S/C21H16N6/c22-21-23-10-9-19(25-21)24-16-7-8-18-17(12-16)20(27-26-18)15-6-5-13-3-1-2-4-14(13)11-15/h1-12H,(H,26,27)(H3,22,23,24,25). The van der Waals surface area contributed by atoms with Gasteiger partial charge in [0.25, 0.3) is 0 Å². The Balaban J connectivity index is 1.58. The summed E-state index contributed by atoms with van der Waals surface area (Å²) >= 11 is 0. The van der Waals surface area contributed by atoms with E-state index in [-0.39, 0.29) is 5.95 Å². The average molecular weight is 352 g/mol. The van der Waals surface area contributed by atoms with Crippen LogP contribution < -0.4 is 11.1 Å². The van der Waals surface area contributed by atoms with Crippen molar-refractivity contribution in [1.29, 1.82) is 0 Å². The quantitative estimate of drug-likeness (QED) is 0.445. The van der Waals surface area contributed by atoms with E-state index in [2.05, 4.69) is 61.9 Å². The van der Waals surface area contributed by atoms with Crippen LogP contribution >= 0.6 is 0 Å². The van der Waals surface area contributed by atoms with Crippen LogP contribution in [0.15, 0.2) is 72.9 Å². The molecule has 6 heteroatoms. The van der Waals surface area contributed by atoms with E-state index in [0.29, 0.717) is 5.82 Å². The molecule has 0 aliphatic heterocycles. The van der Waals surface area contributed by atoms with E-state index < -0.39 is 0 Å². The molecule has 0 unspecified atom stereocenters. The lowest BCUT2D eigenvalue weighted by Crippen LogP contribution is -1.98. The fourth-order valence-electron chi connectivity index (χ4n) is 3.24. The Morgan fingerprint density at radius 3 is 2.67 bits per heavy atom. The maximum atomic E-state index is 5.65. The normalized spacial score (nSPS) is 11.1. The maximum absolute atomic E-state index is 5.65. The van der Waals surface area contributed by atoms with Crippen LogP contribution in [0.4, 0.5) is 17.5 Å². The summed E-state index contributed by atoms with van der Waals surface area (Å²) in [5.74, 6) is 0.888. The molecule has 6 nitrogen and oxygen atoms in total.